The van der Waals surface area contributed by atoms with Gasteiger partial charge in [0.2, 0.25) is 5.91 Å². The van der Waals surface area contributed by atoms with Gasteiger partial charge >= 0.3 is 5.97 Å². The molecule has 0 aromatic heterocycles. The number of aryl methyl sites for hydroxylation is 1. The van der Waals surface area contributed by atoms with Crippen LogP contribution in [0.25, 0.3) is 0 Å². The normalized spacial score (nSPS) is 17.2. The Labute approximate surface area is 148 Å². The lowest BCUT2D eigenvalue weighted by Gasteiger charge is -2.26. The van der Waals surface area contributed by atoms with E-state index < -0.39 is 12.0 Å². The van der Waals surface area contributed by atoms with Crippen molar-refractivity contribution in [1.82, 2.24) is 5.32 Å². The number of nitrogens with one attached hydrogen (secondary N) is 1. The maximum Gasteiger partial charge on any atom is 0.328 e. The molecule has 3 rings (SSSR count). The van der Waals surface area contributed by atoms with Crippen LogP contribution in [-0.4, -0.2) is 25.0 Å². The number of ether oxygens (including phenoxy) is 1. The zero-order valence-electron chi connectivity index (χ0n) is 14.4. The lowest BCUT2D eigenvalue weighted by Crippen LogP contribution is -2.45. The molecule has 25 heavy (non-hydrogen) atoms. The molecule has 0 fully saturated rings. The highest BCUT2D eigenvalue weighted by molar-refractivity contribution is 5.89. The van der Waals surface area contributed by atoms with E-state index in [0.29, 0.717) is 6.42 Å². The van der Waals surface area contributed by atoms with Crippen LogP contribution >= 0.6 is 0 Å². The summed E-state index contributed by atoms with van der Waals surface area (Å²) in [6.07, 6.45) is 3.22. The number of fused-ring (bicyclic) bond motifs is 1. The summed E-state index contributed by atoms with van der Waals surface area (Å²) in [5, 5.41) is 2.91. The fraction of sp³-hybridized carbons (Fsp3) is 0.333. The number of esters is 1. The monoisotopic (exact) mass is 337 g/mol. The van der Waals surface area contributed by atoms with E-state index in [-0.39, 0.29) is 11.8 Å². The van der Waals surface area contributed by atoms with Gasteiger partial charge in [-0.25, -0.2) is 4.79 Å². The molecule has 2 aromatic carbocycles. The van der Waals surface area contributed by atoms with Gasteiger partial charge in [0.25, 0.3) is 0 Å². The number of carbonyl (C=O) groups excluding carboxylic acids is 2. The van der Waals surface area contributed by atoms with E-state index in [1.165, 1.54) is 12.7 Å². The van der Waals surface area contributed by atoms with Gasteiger partial charge in [0, 0.05) is 6.42 Å². The Bertz CT molecular complexity index is 742. The second-order valence-corrected chi connectivity index (χ2v) is 6.42. The maximum atomic E-state index is 12.9. The second kappa shape index (κ2) is 7.97. The topological polar surface area (TPSA) is 55.4 Å². The predicted molar refractivity (Wildman–Crippen MR) is 96.2 cm³/mol. The first-order chi connectivity index (χ1) is 12.2. The third kappa shape index (κ3) is 4.08. The zero-order chi connectivity index (χ0) is 17.6. The SMILES string of the molecule is COC(=O)[C@@H](Cc1ccccc1)NC(=O)C1CCCc2ccccc21. The summed E-state index contributed by atoms with van der Waals surface area (Å²) in [5.74, 6) is -0.715. The Morgan fingerprint density at radius 3 is 2.60 bits per heavy atom. The fourth-order valence-electron chi connectivity index (χ4n) is 3.48. The summed E-state index contributed by atoms with van der Waals surface area (Å²) in [7, 11) is 1.35. The molecule has 0 saturated heterocycles. The van der Waals surface area contributed by atoms with Gasteiger partial charge in [0.15, 0.2) is 0 Å². The van der Waals surface area contributed by atoms with Gasteiger partial charge in [-0.3, -0.25) is 4.79 Å². The largest absolute Gasteiger partial charge is 0.467 e. The average Bonchev–Trinajstić information content (AvgIpc) is 2.67. The standard InChI is InChI=1S/C21H23NO3/c1-25-21(24)19(14-15-8-3-2-4-9-15)22-20(23)18-13-7-11-16-10-5-6-12-17(16)18/h2-6,8-10,12,18-19H,7,11,13-14H2,1H3,(H,22,23)/t18?,19-/m1/s1. The highest BCUT2D eigenvalue weighted by atomic mass is 16.5. The van der Waals surface area contributed by atoms with Crippen molar-refractivity contribution in [2.45, 2.75) is 37.6 Å². The van der Waals surface area contributed by atoms with Crippen molar-refractivity contribution in [3.63, 3.8) is 0 Å². The molecular weight excluding hydrogens is 314 g/mol. The smallest absolute Gasteiger partial charge is 0.328 e. The van der Waals surface area contributed by atoms with Crippen LogP contribution in [-0.2, 0) is 27.2 Å². The van der Waals surface area contributed by atoms with Crippen LogP contribution in [0.5, 0.6) is 0 Å². The Balaban J connectivity index is 1.76. The van der Waals surface area contributed by atoms with Gasteiger partial charge in [-0.05, 0) is 36.0 Å². The Kier molecular flexibility index (Phi) is 5.49. The summed E-state index contributed by atoms with van der Waals surface area (Å²) in [4.78, 5) is 25.0. The van der Waals surface area contributed by atoms with Crippen molar-refractivity contribution < 1.29 is 14.3 Å². The molecule has 1 aliphatic rings. The molecule has 1 amide bonds. The summed E-state index contributed by atoms with van der Waals surface area (Å²) >= 11 is 0. The van der Waals surface area contributed by atoms with Gasteiger partial charge < -0.3 is 10.1 Å². The third-order valence-electron chi connectivity index (χ3n) is 4.77. The molecule has 0 aliphatic heterocycles. The van der Waals surface area contributed by atoms with Crippen LogP contribution < -0.4 is 5.32 Å². The Hall–Kier alpha value is -2.62. The number of rotatable bonds is 5. The van der Waals surface area contributed by atoms with Crippen molar-refractivity contribution >= 4 is 11.9 Å². The predicted octanol–water partition coefficient (Wildman–Crippen LogP) is 3.01. The van der Waals surface area contributed by atoms with E-state index in [2.05, 4.69) is 11.4 Å². The fourth-order valence-corrected chi connectivity index (χ4v) is 3.48. The molecule has 0 saturated carbocycles. The summed E-state index contributed by atoms with van der Waals surface area (Å²) < 4.78 is 4.89. The van der Waals surface area contributed by atoms with Crippen molar-refractivity contribution in [1.29, 1.82) is 0 Å². The highest BCUT2D eigenvalue weighted by Gasteiger charge is 2.30. The molecule has 4 heteroatoms. The third-order valence-corrected chi connectivity index (χ3v) is 4.77. The van der Waals surface area contributed by atoms with Gasteiger partial charge in [0.1, 0.15) is 6.04 Å². The zero-order valence-corrected chi connectivity index (χ0v) is 14.4. The van der Waals surface area contributed by atoms with E-state index >= 15 is 0 Å². The molecule has 130 valence electrons. The molecular formula is C21H23NO3. The molecule has 0 bridgehead atoms. The van der Waals surface area contributed by atoms with Crippen LogP contribution in [0, 0.1) is 0 Å². The molecule has 0 radical (unpaired) electrons. The molecule has 2 aromatic rings. The van der Waals surface area contributed by atoms with Crippen molar-refractivity contribution in [3.8, 4) is 0 Å². The summed E-state index contributed by atoms with van der Waals surface area (Å²) in [6.45, 7) is 0. The van der Waals surface area contributed by atoms with Gasteiger partial charge in [0.05, 0.1) is 13.0 Å². The van der Waals surface area contributed by atoms with Crippen LogP contribution in [0.4, 0.5) is 0 Å². The van der Waals surface area contributed by atoms with Crippen LogP contribution in [0.3, 0.4) is 0 Å². The quantitative estimate of drug-likeness (QED) is 0.853. The summed E-state index contributed by atoms with van der Waals surface area (Å²) in [5.41, 5.74) is 3.29. The number of hydrogen-bond acceptors (Lipinski definition) is 3. The molecule has 0 heterocycles. The Morgan fingerprint density at radius 2 is 1.84 bits per heavy atom. The lowest BCUT2D eigenvalue weighted by molar-refractivity contribution is -0.145. The van der Waals surface area contributed by atoms with Gasteiger partial charge in [-0.15, -0.1) is 0 Å². The summed E-state index contributed by atoms with van der Waals surface area (Å²) in [6, 6.07) is 17.0. The number of carbonyl (C=O) groups is 2. The van der Waals surface area contributed by atoms with Crippen LogP contribution in [0.15, 0.2) is 54.6 Å². The van der Waals surface area contributed by atoms with Crippen LogP contribution in [0.2, 0.25) is 0 Å². The first-order valence-corrected chi connectivity index (χ1v) is 8.69. The Morgan fingerprint density at radius 1 is 1.12 bits per heavy atom. The van der Waals surface area contributed by atoms with E-state index in [0.717, 1.165) is 30.4 Å². The first kappa shape index (κ1) is 17.2. The molecule has 1 N–H and O–H groups in total. The minimum absolute atomic E-state index is 0.0986. The minimum Gasteiger partial charge on any atom is -0.467 e. The van der Waals surface area contributed by atoms with E-state index in [9.17, 15) is 9.59 Å². The van der Waals surface area contributed by atoms with E-state index in [1.54, 1.807) is 0 Å². The van der Waals surface area contributed by atoms with Crippen LogP contribution in [0.1, 0.15) is 35.4 Å². The molecule has 0 spiro atoms. The number of hydrogen-bond donors (Lipinski definition) is 1. The molecule has 2 atom stereocenters. The molecule has 4 nitrogen and oxygen atoms in total. The highest BCUT2D eigenvalue weighted by Crippen LogP contribution is 2.31. The second-order valence-electron chi connectivity index (χ2n) is 6.42. The number of benzene rings is 2. The lowest BCUT2D eigenvalue weighted by atomic mass is 9.82. The molecule has 1 unspecified atom stereocenters. The van der Waals surface area contributed by atoms with Crippen molar-refractivity contribution in [2.75, 3.05) is 7.11 Å². The van der Waals surface area contributed by atoms with Crippen molar-refractivity contribution in [3.05, 3.63) is 71.3 Å². The number of methoxy groups -OCH3 is 1. The van der Waals surface area contributed by atoms with Crippen molar-refractivity contribution in [2.24, 2.45) is 0 Å². The number of amides is 1. The maximum absolute atomic E-state index is 12.9. The molecule has 1 aliphatic carbocycles. The van der Waals surface area contributed by atoms with E-state index in [4.69, 9.17) is 4.74 Å². The minimum atomic E-state index is -0.672. The average molecular weight is 337 g/mol. The van der Waals surface area contributed by atoms with Gasteiger partial charge in [-0.1, -0.05) is 54.6 Å². The first-order valence-electron chi connectivity index (χ1n) is 8.69. The van der Waals surface area contributed by atoms with E-state index in [1.807, 2.05) is 48.5 Å². The van der Waals surface area contributed by atoms with Gasteiger partial charge in [-0.2, -0.15) is 0 Å².